The Balaban J connectivity index is 1.50. The van der Waals surface area contributed by atoms with Crippen molar-refractivity contribution in [1.82, 2.24) is 25.0 Å². The number of fused-ring (bicyclic) bond motifs is 1. The average Bonchev–Trinajstić information content (AvgIpc) is 3.58. The number of ether oxygens (including phenoxy) is 1. The van der Waals surface area contributed by atoms with Crippen molar-refractivity contribution in [1.29, 1.82) is 0 Å². The molecule has 0 unspecified atom stereocenters. The summed E-state index contributed by atoms with van der Waals surface area (Å²) in [6, 6.07) is 8.17. The Bertz CT molecular complexity index is 1460. The van der Waals surface area contributed by atoms with Crippen LogP contribution in [0.4, 0.5) is 20.3 Å². The Labute approximate surface area is 198 Å². The van der Waals surface area contributed by atoms with Crippen LogP contribution in [0.15, 0.2) is 54.6 Å². The molecule has 1 atom stereocenters. The lowest BCUT2D eigenvalue weighted by molar-refractivity contribution is -0.113. The number of amides is 1. The zero-order valence-corrected chi connectivity index (χ0v) is 18.8. The van der Waals surface area contributed by atoms with Gasteiger partial charge in [0.05, 0.1) is 32.0 Å². The average molecular weight is 477 g/mol. The molecule has 1 fully saturated rings. The third-order valence-corrected chi connectivity index (χ3v) is 6.30. The minimum absolute atomic E-state index is 0.0825. The summed E-state index contributed by atoms with van der Waals surface area (Å²) in [4.78, 5) is 20.2. The van der Waals surface area contributed by atoms with Crippen LogP contribution in [0.1, 0.15) is 6.92 Å². The van der Waals surface area contributed by atoms with Crippen LogP contribution in [0.5, 0.6) is 0 Å². The number of hydrogen-bond acceptors (Lipinski definition) is 6. The fourth-order valence-electron chi connectivity index (χ4n) is 4.56. The second-order valence-electron chi connectivity index (χ2n) is 8.55. The van der Waals surface area contributed by atoms with E-state index in [1.807, 2.05) is 13.0 Å². The van der Waals surface area contributed by atoms with E-state index >= 15 is 4.39 Å². The minimum Gasteiger partial charge on any atom is -0.377 e. The van der Waals surface area contributed by atoms with Crippen molar-refractivity contribution >= 4 is 28.4 Å². The van der Waals surface area contributed by atoms with Crippen LogP contribution in [0.25, 0.3) is 28.0 Å². The quantitative estimate of drug-likeness (QED) is 0.485. The predicted molar refractivity (Wildman–Crippen MR) is 126 cm³/mol. The first-order valence-electron chi connectivity index (χ1n) is 11.2. The van der Waals surface area contributed by atoms with E-state index in [-0.39, 0.29) is 12.6 Å². The van der Waals surface area contributed by atoms with Crippen LogP contribution in [-0.2, 0) is 9.53 Å². The van der Waals surface area contributed by atoms with E-state index in [4.69, 9.17) is 9.72 Å². The number of nitrogens with zero attached hydrogens (tertiary/aromatic N) is 6. The molecule has 5 heterocycles. The number of hydrogen-bond donors (Lipinski definition) is 1. The number of nitrogens with one attached hydrogen (secondary N) is 1. The van der Waals surface area contributed by atoms with Gasteiger partial charge >= 0.3 is 0 Å². The summed E-state index contributed by atoms with van der Waals surface area (Å²) in [5.74, 6) is -0.368. The van der Waals surface area contributed by atoms with Crippen LogP contribution >= 0.6 is 0 Å². The summed E-state index contributed by atoms with van der Waals surface area (Å²) < 4.78 is 36.3. The van der Waals surface area contributed by atoms with Gasteiger partial charge in [-0.15, -0.1) is 0 Å². The first-order valence-corrected chi connectivity index (χ1v) is 11.2. The topological polar surface area (TPSA) is 92.2 Å². The second-order valence-corrected chi connectivity index (χ2v) is 8.55. The van der Waals surface area contributed by atoms with Gasteiger partial charge < -0.3 is 14.5 Å². The summed E-state index contributed by atoms with van der Waals surface area (Å²) in [5.41, 5.74) is 1.75. The molecule has 6 rings (SSSR count). The van der Waals surface area contributed by atoms with E-state index in [2.05, 4.69) is 20.2 Å². The molecule has 9 nitrogen and oxygen atoms in total. The smallest absolute Gasteiger partial charge is 0.254 e. The van der Waals surface area contributed by atoms with Gasteiger partial charge in [0.25, 0.3) is 5.91 Å². The van der Waals surface area contributed by atoms with Crippen LogP contribution in [0, 0.1) is 5.82 Å². The number of pyridine rings is 1. The second kappa shape index (κ2) is 8.27. The Kier molecular flexibility index (Phi) is 5.06. The Morgan fingerprint density at radius 3 is 2.74 bits per heavy atom. The van der Waals surface area contributed by atoms with Gasteiger partial charge in [-0.2, -0.15) is 14.9 Å². The number of carbonyl (C=O) groups excluding carboxylic acids is 1. The molecule has 2 aliphatic rings. The highest BCUT2D eigenvalue weighted by atomic mass is 19.1. The zero-order chi connectivity index (χ0) is 24.1. The van der Waals surface area contributed by atoms with Crippen LogP contribution in [0.2, 0.25) is 0 Å². The van der Waals surface area contributed by atoms with Crippen LogP contribution < -0.4 is 9.80 Å². The van der Waals surface area contributed by atoms with Crippen molar-refractivity contribution in [3.8, 4) is 16.9 Å². The van der Waals surface area contributed by atoms with Gasteiger partial charge in [0.15, 0.2) is 11.5 Å². The molecule has 3 aromatic heterocycles. The number of anilines is 2. The molecular weight excluding hydrogens is 456 g/mol. The van der Waals surface area contributed by atoms with Gasteiger partial charge in [-0.3, -0.25) is 9.89 Å². The van der Waals surface area contributed by atoms with E-state index < -0.39 is 17.6 Å². The molecule has 11 heteroatoms. The molecule has 0 bridgehead atoms. The summed E-state index contributed by atoms with van der Waals surface area (Å²) in [6.45, 7) is 3.62. The molecule has 1 saturated heterocycles. The zero-order valence-electron chi connectivity index (χ0n) is 18.8. The fourth-order valence-corrected chi connectivity index (χ4v) is 4.56. The van der Waals surface area contributed by atoms with E-state index in [1.165, 1.54) is 11.0 Å². The number of benzene rings is 1. The fraction of sp³-hybridized carbons (Fsp3) is 0.250. The maximum Gasteiger partial charge on any atom is 0.254 e. The molecule has 1 aromatic carbocycles. The van der Waals surface area contributed by atoms with Gasteiger partial charge in [-0.05, 0) is 31.2 Å². The number of rotatable bonds is 4. The van der Waals surface area contributed by atoms with Crippen LogP contribution in [-0.4, -0.2) is 63.2 Å². The highest BCUT2D eigenvalue weighted by Crippen LogP contribution is 2.36. The predicted octanol–water partition coefficient (Wildman–Crippen LogP) is 3.37. The molecule has 0 aliphatic carbocycles. The van der Waals surface area contributed by atoms with Crippen molar-refractivity contribution in [2.45, 2.75) is 13.0 Å². The summed E-state index contributed by atoms with van der Waals surface area (Å²) >= 11 is 0. The van der Waals surface area contributed by atoms with Crippen LogP contribution in [0.3, 0.4) is 0 Å². The highest BCUT2D eigenvalue weighted by molar-refractivity contribution is 6.05. The molecule has 35 heavy (non-hydrogen) atoms. The van der Waals surface area contributed by atoms with E-state index in [0.717, 1.165) is 6.08 Å². The molecule has 0 saturated carbocycles. The normalized spacial score (nSPS) is 18.5. The maximum atomic E-state index is 15.5. The Morgan fingerprint density at radius 2 is 2.03 bits per heavy atom. The van der Waals surface area contributed by atoms with Gasteiger partial charge in [-0.1, -0.05) is 0 Å². The third kappa shape index (κ3) is 3.64. The molecule has 1 N–H and O–H groups in total. The SMILES string of the molecule is C[C@@H]1COCCN1c1cc(-c2ccc(N3CC(F)=CC3=O)cc2F)c2cnn(-c3cc[nH]n3)c2n1. The molecular formula is C24H21F2N7O2. The Morgan fingerprint density at radius 1 is 1.14 bits per heavy atom. The minimum atomic E-state index is -0.551. The van der Waals surface area contributed by atoms with Crippen molar-refractivity contribution in [3.05, 3.63) is 60.4 Å². The monoisotopic (exact) mass is 477 g/mol. The number of aromatic amines is 1. The third-order valence-electron chi connectivity index (χ3n) is 6.30. The van der Waals surface area contributed by atoms with Crippen molar-refractivity contribution < 1.29 is 18.3 Å². The van der Waals surface area contributed by atoms with Gasteiger partial charge in [0, 0.05) is 47.1 Å². The molecule has 4 aromatic rings. The summed E-state index contributed by atoms with van der Waals surface area (Å²) in [5, 5.41) is 12.1. The lowest BCUT2D eigenvalue weighted by atomic mass is 10.0. The van der Waals surface area contributed by atoms with E-state index in [0.29, 0.717) is 59.2 Å². The van der Waals surface area contributed by atoms with Gasteiger partial charge in [-0.25, -0.2) is 13.8 Å². The highest BCUT2D eigenvalue weighted by Gasteiger charge is 2.26. The number of morpholine rings is 1. The maximum absolute atomic E-state index is 15.5. The molecule has 178 valence electrons. The molecule has 2 aliphatic heterocycles. The number of carbonyl (C=O) groups is 1. The molecule has 0 spiro atoms. The Hall–Kier alpha value is -4.12. The van der Waals surface area contributed by atoms with Gasteiger partial charge in [0.1, 0.15) is 17.5 Å². The lowest BCUT2D eigenvalue weighted by Crippen LogP contribution is -2.44. The first kappa shape index (κ1) is 21.4. The standard InChI is InChI=1S/C24H21F2N7O2/c1-14-13-35-7-6-31(14)22-10-18(19-11-28-33(24(19)29-22)21-4-5-27-30-21)17-3-2-16(9-20(17)26)32-12-15(25)8-23(32)34/h2-5,8-11,14H,6-7,12-13H2,1H3,(H,27,30)/t14-/m1/s1. The van der Waals surface area contributed by atoms with Crippen molar-refractivity contribution in [3.63, 3.8) is 0 Å². The first-order chi connectivity index (χ1) is 17.0. The largest absolute Gasteiger partial charge is 0.377 e. The number of H-pyrrole nitrogens is 1. The van der Waals surface area contributed by atoms with Gasteiger partial charge in [0.2, 0.25) is 0 Å². The van der Waals surface area contributed by atoms with Crippen molar-refractivity contribution in [2.75, 3.05) is 36.1 Å². The van der Waals surface area contributed by atoms with E-state index in [1.54, 1.807) is 35.3 Å². The van der Waals surface area contributed by atoms with Crippen molar-refractivity contribution in [2.24, 2.45) is 0 Å². The molecule has 0 radical (unpaired) electrons. The summed E-state index contributed by atoms with van der Waals surface area (Å²) in [6.07, 6.45) is 4.24. The molecule has 1 amide bonds. The lowest BCUT2D eigenvalue weighted by Gasteiger charge is -2.34. The number of halogens is 2. The summed E-state index contributed by atoms with van der Waals surface area (Å²) in [7, 11) is 0. The van der Waals surface area contributed by atoms with E-state index in [9.17, 15) is 9.18 Å². The number of aromatic nitrogens is 5.